The van der Waals surface area contributed by atoms with Crippen LogP contribution in [0.5, 0.6) is 11.6 Å². The molecule has 1 aromatic heterocycles. The summed E-state index contributed by atoms with van der Waals surface area (Å²) in [6, 6.07) is 2.38. The van der Waals surface area contributed by atoms with Crippen LogP contribution in [0.1, 0.15) is 52.8 Å². The summed E-state index contributed by atoms with van der Waals surface area (Å²) in [6.45, 7) is -0.934. The first-order valence-electron chi connectivity index (χ1n) is 10.1. The van der Waals surface area contributed by atoms with Crippen molar-refractivity contribution in [1.82, 2.24) is 15.2 Å². The maximum atomic E-state index is 14.5. The number of amides is 2. The summed E-state index contributed by atoms with van der Waals surface area (Å²) in [5.74, 6) is -9.28. The molecule has 0 unspecified atom stereocenters. The van der Waals surface area contributed by atoms with Crippen LogP contribution in [0.4, 0.5) is 8.78 Å². The van der Waals surface area contributed by atoms with Crippen LogP contribution in [0, 0.1) is 11.6 Å². The summed E-state index contributed by atoms with van der Waals surface area (Å²) < 4.78 is 28.4. The Morgan fingerprint density at radius 2 is 1.70 bits per heavy atom. The van der Waals surface area contributed by atoms with Gasteiger partial charge >= 0.3 is 5.97 Å². The highest BCUT2D eigenvalue weighted by molar-refractivity contribution is 6.05. The Labute approximate surface area is 185 Å². The molecule has 0 radical (unpaired) electrons. The van der Waals surface area contributed by atoms with Crippen LogP contribution in [0.2, 0.25) is 0 Å². The van der Waals surface area contributed by atoms with Crippen molar-refractivity contribution in [3.63, 3.8) is 0 Å². The monoisotopic (exact) mass is 465 g/mol. The summed E-state index contributed by atoms with van der Waals surface area (Å²) in [4.78, 5) is 49.1. The van der Waals surface area contributed by atoms with E-state index in [0.717, 1.165) is 37.5 Å². The van der Waals surface area contributed by atoms with E-state index in [0.29, 0.717) is 12.8 Å². The average molecular weight is 465 g/mol. The van der Waals surface area contributed by atoms with Crippen LogP contribution in [0.25, 0.3) is 5.69 Å². The molecule has 2 amide bonds. The summed E-state index contributed by atoms with van der Waals surface area (Å²) >= 11 is 0. The molecule has 1 aromatic carbocycles. The number of rotatable bonds is 6. The van der Waals surface area contributed by atoms with Crippen molar-refractivity contribution in [1.29, 1.82) is 0 Å². The van der Waals surface area contributed by atoms with Gasteiger partial charge in [-0.1, -0.05) is 25.3 Å². The number of carboxylic acids is 1. The molecule has 0 aliphatic heterocycles. The van der Waals surface area contributed by atoms with Gasteiger partial charge in [-0.2, -0.15) is 0 Å². The minimum Gasteiger partial charge on any atom is -0.506 e. The zero-order chi connectivity index (χ0) is 24.3. The molecule has 176 valence electrons. The third kappa shape index (κ3) is 4.78. The fourth-order valence-electron chi connectivity index (χ4n) is 3.70. The van der Waals surface area contributed by atoms with Crippen molar-refractivity contribution in [2.75, 3.05) is 6.54 Å². The van der Waals surface area contributed by atoms with Gasteiger partial charge in [-0.05, 0) is 25.0 Å². The summed E-state index contributed by atoms with van der Waals surface area (Å²) in [5.41, 5.74) is -4.35. The van der Waals surface area contributed by atoms with Crippen molar-refractivity contribution in [2.24, 2.45) is 0 Å². The molecule has 1 heterocycles. The van der Waals surface area contributed by atoms with Crippen molar-refractivity contribution in [2.45, 2.75) is 38.1 Å². The van der Waals surface area contributed by atoms with Crippen molar-refractivity contribution >= 4 is 17.8 Å². The van der Waals surface area contributed by atoms with Crippen molar-refractivity contribution < 1.29 is 38.5 Å². The lowest BCUT2D eigenvalue weighted by atomic mass is 9.95. The number of carboxylic acid groups (broad SMARTS) is 1. The lowest BCUT2D eigenvalue weighted by molar-refractivity contribution is -0.135. The van der Waals surface area contributed by atoms with Crippen LogP contribution in [-0.4, -0.2) is 50.3 Å². The predicted octanol–water partition coefficient (Wildman–Crippen LogP) is 1.40. The molecule has 1 aliphatic carbocycles. The third-order valence-electron chi connectivity index (χ3n) is 5.29. The molecule has 0 spiro atoms. The molecule has 12 heteroatoms. The SMILES string of the molecule is O=C(O)CNC(=O)c1c(O)c(C(=O)NC2CCCCC2)c(O)n(-c2cccc(F)c2F)c1=O. The van der Waals surface area contributed by atoms with Gasteiger partial charge in [0.05, 0.1) is 5.69 Å². The lowest BCUT2D eigenvalue weighted by Gasteiger charge is -2.24. The van der Waals surface area contributed by atoms with Gasteiger partial charge in [0.2, 0.25) is 5.88 Å². The number of hydrogen-bond acceptors (Lipinski definition) is 6. The number of aromatic nitrogens is 1. The Hall–Kier alpha value is -3.96. The third-order valence-corrected chi connectivity index (χ3v) is 5.29. The Bertz CT molecular complexity index is 1170. The van der Waals surface area contributed by atoms with Crippen LogP contribution in [0.3, 0.4) is 0 Å². The average Bonchev–Trinajstić information content (AvgIpc) is 2.75. The summed E-state index contributed by atoms with van der Waals surface area (Å²) in [5, 5.41) is 34.5. The normalized spacial score (nSPS) is 14.0. The van der Waals surface area contributed by atoms with E-state index in [1.165, 1.54) is 0 Å². The number of aliphatic carboxylic acids is 1. The maximum absolute atomic E-state index is 14.5. The quantitative estimate of drug-likeness (QED) is 0.431. The van der Waals surface area contributed by atoms with Gasteiger partial charge in [-0.25, -0.2) is 13.3 Å². The number of carbonyl (C=O) groups excluding carboxylic acids is 2. The molecule has 10 nitrogen and oxygen atoms in total. The molecule has 5 N–H and O–H groups in total. The van der Waals surface area contributed by atoms with Crippen LogP contribution < -0.4 is 16.2 Å². The van der Waals surface area contributed by atoms with Gasteiger partial charge in [0.25, 0.3) is 17.4 Å². The fourth-order valence-corrected chi connectivity index (χ4v) is 3.70. The topological polar surface area (TPSA) is 158 Å². The number of halogens is 2. The molecule has 1 aliphatic rings. The van der Waals surface area contributed by atoms with E-state index < -0.39 is 70.0 Å². The Balaban J connectivity index is 2.21. The molecular formula is C21H21F2N3O7. The summed E-state index contributed by atoms with van der Waals surface area (Å²) in [7, 11) is 0. The first kappa shape index (κ1) is 23.7. The number of aromatic hydroxyl groups is 2. The first-order chi connectivity index (χ1) is 15.6. The van der Waals surface area contributed by atoms with Gasteiger partial charge < -0.3 is 26.0 Å². The number of pyridine rings is 1. The number of hydrogen-bond donors (Lipinski definition) is 5. The number of nitrogens with zero attached hydrogens (tertiary/aromatic N) is 1. The Morgan fingerprint density at radius 1 is 1.03 bits per heavy atom. The molecule has 3 rings (SSSR count). The van der Waals surface area contributed by atoms with E-state index in [9.17, 15) is 38.2 Å². The molecule has 2 aromatic rings. The minimum absolute atomic E-state index is 0.170. The van der Waals surface area contributed by atoms with E-state index >= 15 is 0 Å². The number of nitrogens with one attached hydrogen (secondary N) is 2. The fraction of sp³-hybridized carbons (Fsp3) is 0.333. The molecule has 0 saturated heterocycles. The van der Waals surface area contributed by atoms with E-state index in [1.807, 2.05) is 5.32 Å². The van der Waals surface area contributed by atoms with Crippen molar-refractivity contribution in [3.8, 4) is 17.3 Å². The minimum atomic E-state index is -1.56. The molecule has 0 atom stereocenters. The maximum Gasteiger partial charge on any atom is 0.322 e. The van der Waals surface area contributed by atoms with Crippen LogP contribution >= 0.6 is 0 Å². The number of benzene rings is 1. The highest BCUT2D eigenvalue weighted by atomic mass is 19.2. The van der Waals surface area contributed by atoms with Crippen molar-refractivity contribution in [3.05, 3.63) is 51.3 Å². The second-order valence-corrected chi connectivity index (χ2v) is 7.52. The Morgan fingerprint density at radius 3 is 2.33 bits per heavy atom. The van der Waals surface area contributed by atoms with Crippen LogP contribution in [-0.2, 0) is 4.79 Å². The first-order valence-corrected chi connectivity index (χ1v) is 10.1. The standard InChI is InChI=1S/C21H21F2N3O7/c22-11-7-4-8-12(16(11)23)26-20(32)14(18(30)24-9-13(27)28)17(29)15(21(26)33)19(31)25-10-5-2-1-3-6-10/h4,7-8,10,29,33H,1-3,5-6,9H2,(H,24,30)(H,25,31)(H,27,28). The van der Waals surface area contributed by atoms with Gasteiger partial charge in [0.15, 0.2) is 17.4 Å². The highest BCUT2D eigenvalue weighted by Gasteiger charge is 2.32. The smallest absolute Gasteiger partial charge is 0.322 e. The molecule has 33 heavy (non-hydrogen) atoms. The van der Waals surface area contributed by atoms with E-state index in [4.69, 9.17) is 5.11 Å². The number of carbonyl (C=O) groups is 3. The summed E-state index contributed by atoms with van der Waals surface area (Å²) in [6.07, 6.45) is 3.88. The molecule has 0 bridgehead atoms. The second-order valence-electron chi connectivity index (χ2n) is 7.52. The zero-order valence-electron chi connectivity index (χ0n) is 17.2. The van der Waals surface area contributed by atoms with E-state index in [-0.39, 0.29) is 10.6 Å². The second kappa shape index (κ2) is 9.67. The van der Waals surface area contributed by atoms with Gasteiger partial charge in [0, 0.05) is 6.04 Å². The highest BCUT2D eigenvalue weighted by Crippen LogP contribution is 2.32. The molecular weight excluding hydrogens is 444 g/mol. The van der Waals surface area contributed by atoms with Gasteiger partial charge in [0.1, 0.15) is 17.7 Å². The van der Waals surface area contributed by atoms with Gasteiger partial charge in [-0.15, -0.1) is 0 Å². The molecule has 1 saturated carbocycles. The Kier molecular flexibility index (Phi) is 6.95. The lowest BCUT2D eigenvalue weighted by Crippen LogP contribution is -2.39. The van der Waals surface area contributed by atoms with E-state index in [1.54, 1.807) is 0 Å². The zero-order valence-corrected chi connectivity index (χ0v) is 17.2. The molecule has 1 fully saturated rings. The van der Waals surface area contributed by atoms with Gasteiger partial charge in [-0.3, -0.25) is 19.2 Å². The predicted molar refractivity (Wildman–Crippen MR) is 110 cm³/mol. The van der Waals surface area contributed by atoms with Crippen LogP contribution in [0.15, 0.2) is 23.0 Å². The van der Waals surface area contributed by atoms with E-state index in [2.05, 4.69) is 5.32 Å². The largest absolute Gasteiger partial charge is 0.506 e.